The molecule has 2 heterocycles. The first-order valence-electron chi connectivity index (χ1n) is 9.05. The number of carbonyl (C=O) groups excluding carboxylic acids is 1. The first kappa shape index (κ1) is 19.5. The van der Waals surface area contributed by atoms with Crippen molar-refractivity contribution in [1.29, 1.82) is 0 Å². The maximum absolute atomic E-state index is 12.5. The minimum absolute atomic E-state index is 0.0587. The smallest absolute Gasteiger partial charge is 0.254 e. The van der Waals surface area contributed by atoms with Crippen LogP contribution in [-0.2, 0) is 16.8 Å². The van der Waals surface area contributed by atoms with Gasteiger partial charge in [0.15, 0.2) is 5.16 Å². The van der Waals surface area contributed by atoms with Gasteiger partial charge in [-0.15, -0.1) is 0 Å². The van der Waals surface area contributed by atoms with Crippen LogP contribution in [0.1, 0.15) is 26.5 Å². The average Bonchev–Trinajstić information content (AvgIpc) is 2.65. The normalized spacial score (nSPS) is 16.5. The van der Waals surface area contributed by atoms with E-state index in [-0.39, 0.29) is 22.8 Å². The highest BCUT2D eigenvalue weighted by Crippen LogP contribution is 2.27. The number of para-hydroxylation sites is 1. The maximum atomic E-state index is 12.5. The summed E-state index contributed by atoms with van der Waals surface area (Å²) in [5.41, 5.74) is 0.511. The number of rotatable bonds is 5. The molecule has 0 bridgehead atoms. The van der Waals surface area contributed by atoms with Crippen molar-refractivity contribution in [3.8, 4) is 5.75 Å². The number of fused-ring (bicyclic) bond motifs is 1. The topological polar surface area (TPSA) is 73.2 Å². The second-order valence-corrected chi connectivity index (χ2v) is 8.57. The fourth-order valence-electron chi connectivity index (χ4n) is 2.76. The van der Waals surface area contributed by atoms with Crippen molar-refractivity contribution in [3.05, 3.63) is 52.4 Å². The Morgan fingerprint density at radius 3 is 2.78 bits per heavy atom. The van der Waals surface area contributed by atoms with Crippen molar-refractivity contribution in [2.24, 2.45) is 5.92 Å². The van der Waals surface area contributed by atoms with Gasteiger partial charge in [0.25, 0.3) is 5.56 Å². The standard InChI is InChI=1S/C20H25N3O3S/c1-20(2,3)16-11-17(24)23-12-14(13-27-19(23)22-16)18(25)21-9-10-26-15-7-5-4-6-8-15/h4-8,11,14H,9-10,12-13H2,1-3H3,(H,21,25). The maximum Gasteiger partial charge on any atom is 0.254 e. The molecular weight excluding hydrogens is 362 g/mol. The Labute approximate surface area is 163 Å². The number of thioether (sulfide) groups is 1. The van der Waals surface area contributed by atoms with Crippen molar-refractivity contribution >= 4 is 17.7 Å². The molecule has 0 radical (unpaired) electrons. The van der Waals surface area contributed by atoms with Gasteiger partial charge in [0.05, 0.1) is 18.2 Å². The number of nitrogens with one attached hydrogen (secondary N) is 1. The minimum atomic E-state index is -0.251. The number of hydrogen-bond acceptors (Lipinski definition) is 5. The summed E-state index contributed by atoms with van der Waals surface area (Å²) >= 11 is 1.47. The molecule has 0 spiro atoms. The molecule has 1 amide bonds. The number of amides is 1. The largest absolute Gasteiger partial charge is 0.492 e. The lowest BCUT2D eigenvalue weighted by Crippen LogP contribution is -2.41. The molecule has 1 N–H and O–H groups in total. The van der Waals surface area contributed by atoms with Crippen molar-refractivity contribution in [2.45, 2.75) is 37.9 Å². The summed E-state index contributed by atoms with van der Waals surface area (Å²) in [5.74, 6) is 1.09. The van der Waals surface area contributed by atoms with E-state index in [2.05, 4.69) is 10.3 Å². The van der Waals surface area contributed by atoms with Crippen LogP contribution in [0, 0.1) is 5.92 Å². The molecule has 7 heteroatoms. The zero-order chi connectivity index (χ0) is 19.4. The van der Waals surface area contributed by atoms with Crippen LogP contribution < -0.4 is 15.6 Å². The zero-order valence-electron chi connectivity index (χ0n) is 15.9. The summed E-state index contributed by atoms with van der Waals surface area (Å²) in [7, 11) is 0. The van der Waals surface area contributed by atoms with Crippen LogP contribution in [-0.4, -0.2) is 34.4 Å². The van der Waals surface area contributed by atoms with Gasteiger partial charge in [-0.25, -0.2) is 4.98 Å². The third-order valence-corrected chi connectivity index (χ3v) is 5.48. The highest BCUT2D eigenvalue weighted by molar-refractivity contribution is 7.99. The summed E-state index contributed by atoms with van der Waals surface area (Å²) in [6, 6.07) is 11.1. The number of nitrogens with zero attached hydrogens (tertiary/aromatic N) is 2. The molecule has 144 valence electrons. The van der Waals surface area contributed by atoms with Crippen LogP contribution in [0.4, 0.5) is 0 Å². The Morgan fingerprint density at radius 1 is 1.33 bits per heavy atom. The van der Waals surface area contributed by atoms with Crippen molar-refractivity contribution in [3.63, 3.8) is 0 Å². The first-order chi connectivity index (χ1) is 12.8. The van der Waals surface area contributed by atoms with Crippen LogP contribution in [0.15, 0.2) is 46.3 Å². The quantitative estimate of drug-likeness (QED) is 0.630. The second kappa shape index (κ2) is 8.17. The number of ether oxygens (including phenoxy) is 1. The summed E-state index contributed by atoms with van der Waals surface area (Å²) in [5, 5.41) is 3.59. The third kappa shape index (κ3) is 4.91. The Hall–Kier alpha value is -2.28. The van der Waals surface area contributed by atoms with Gasteiger partial charge in [0, 0.05) is 23.8 Å². The highest BCUT2D eigenvalue weighted by atomic mass is 32.2. The fourth-order valence-corrected chi connectivity index (χ4v) is 3.85. The number of aromatic nitrogens is 2. The van der Waals surface area contributed by atoms with Gasteiger partial charge in [0.1, 0.15) is 12.4 Å². The lowest BCUT2D eigenvalue weighted by atomic mass is 9.92. The Kier molecular flexibility index (Phi) is 5.89. The molecule has 6 nitrogen and oxygen atoms in total. The molecule has 0 fully saturated rings. The molecule has 1 aromatic heterocycles. The van der Waals surface area contributed by atoms with E-state index in [0.29, 0.717) is 30.6 Å². The van der Waals surface area contributed by atoms with Gasteiger partial charge in [-0.05, 0) is 12.1 Å². The number of hydrogen-bond donors (Lipinski definition) is 1. The summed E-state index contributed by atoms with van der Waals surface area (Å²) in [4.78, 5) is 29.5. The van der Waals surface area contributed by atoms with Gasteiger partial charge in [-0.1, -0.05) is 50.7 Å². The van der Waals surface area contributed by atoms with Crippen molar-refractivity contribution < 1.29 is 9.53 Å². The Morgan fingerprint density at radius 2 is 2.07 bits per heavy atom. The van der Waals surface area contributed by atoms with Gasteiger partial charge >= 0.3 is 0 Å². The van der Waals surface area contributed by atoms with E-state index in [0.717, 1.165) is 11.4 Å². The molecule has 0 saturated heterocycles. The predicted molar refractivity (Wildman–Crippen MR) is 106 cm³/mol. The first-order valence-corrected chi connectivity index (χ1v) is 10.0. The lowest BCUT2D eigenvalue weighted by Gasteiger charge is -2.26. The minimum Gasteiger partial charge on any atom is -0.492 e. The zero-order valence-corrected chi connectivity index (χ0v) is 16.7. The molecule has 0 aliphatic carbocycles. The molecular formula is C20H25N3O3S. The SMILES string of the molecule is CC(C)(C)c1cc(=O)n2c(n1)SCC(C(=O)NCCOc1ccccc1)C2. The van der Waals surface area contributed by atoms with Gasteiger partial charge in [0.2, 0.25) is 5.91 Å². The van der Waals surface area contributed by atoms with E-state index in [4.69, 9.17) is 4.74 Å². The summed E-state index contributed by atoms with van der Waals surface area (Å²) < 4.78 is 7.18. The molecule has 0 saturated carbocycles. The fraction of sp³-hybridized carbons (Fsp3) is 0.450. The van der Waals surface area contributed by atoms with Crippen LogP contribution >= 0.6 is 11.8 Å². The van der Waals surface area contributed by atoms with E-state index >= 15 is 0 Å². The van der Waals surface area contributed by atoms with E-state index in [1.165, 1.54) is 11.8 Å². The molecule has 27 heavy (non-hydrogen) atoms. The molecule has 2 aromatic rings. The predicted octanol–water partition coefficient (Wildman–Crippen LogP) is 2.46. The van der Waals surface area contributed by atoms with Crippen LogP contribution in [0.25, 0.3) is 0 Å². The lowest BCUT2D eigenvalue weighted by molar-refractivity contribution is -0.124. The average molecular weight is 388 g/mol. The van der Waals surface area contributed by atoms with Crippen molar-refractivity contribution in [1.82, 2.24) is 14.9 Å². The highest BCUT2D eigenvalue weighted by Gasteiger charge is 2.28. The van der Waals surface area contributed by atoms with Crippen molar-refractivity contribution in [2.75, 3.05) is 18.9 Å². The molecule has 3 rings (SSSR count). The van der Waals surface area contributed by atoms with Gasteiger partial charge in [-0.3, -0.25) is 14.2 Å². The molecule has 1 unspecified atom stereocenters. The van der Waals surface area contributed by atoms with E-state index < -0.39 is 0 Å². The second-order valence-electron chi connectivity index (χ2n) is 7.58. The third-order valence-electron chi connectivity index (χ3n) is 4.34. The Balaban J connectivity index is 1.56. The molecule has 1 atom stereocenters. The Bertz CT molecular complexity index is 859. The van der Waals surface area contributed by atoms with E-state index in [1.807, 2.05) is 51.1 Å². The van der Waals surface area contributed by atoms with Crippen LogP contribution in [0.5, 0.6) is 5.75 Å². The van der Waals surface area contributed by atoms with E-state index in [1.54, 1.807) is 10.6 Å². The number of benzene rings is 1. The molecule has 1 aromatic carbocycles. The van der Waals surface area contributed by atoms with Crippen LogP contribution in [0.2, 0.25) is 0 Å². The summed E-state index contributed by atoms with van der Waals surface area (Å²) in [6.07, 6.45) is 0. The van der Waals surface area contributed by atoms with Gasteiger partial charge < -0.3 is 10.1 Å². The number of carbonyl (C=O) groups is 1. The van der Waals surface area contributed by atoms with E-state index in [9.17, 15) is 9.59 Å². The molecule has 1 aliphatic heterocycles. The van der Waals surface area contributed by atoms with Crippen LogP contribution in [0.3, 0.4) is 0 Å². The van der Waals surface area contributed by atoms with Gasteiger partial charge in [-0.2, -0.15) is 0 Å². The molecule has 1 aliphatic rings. The summed E-state index contributed by atoms with van der Waals surface area (Å²) in [6.45, 7) is 7.30. The monoisotopic (exact) mass is 387 g/mol.